The highest BCUT2D eigenvalue weighted by atomic mass is 35.5. The molecule has 0 radical (unpaired) electrons. The van der Waals surface area contributed by atoms with Crippen LogP contribution in [0.3, 0.4) is 0 Å². The maximum Gasteiger partial charge on any atom is 0.274 e. The molecule has 3 aromatic rings. The van der Waals surface area contributed by atoms with E-state index in [1.165, 1.54) is 0 Å². The average molecular weight is 367 g/mol. The molecule has 2 N–H and O–H groups in total. The van der Waals surface area contributed by atoms with Crippen LogP contribution < -0.4 is 10.6 Å². The molecule has 132 valence electrons. The predicted molar refractivity (Wildman–Crippen MR) is 105 cm³/mol. The summed E-state index contributed by atoms with van der Waals surface area (Å²) in [5.74, 6) is 0.0518. The largest absolute Gasteiger partial charge is 0.324 e. The number of anilines is 3. The molecule has 1 amide bonds. The van der Waals surface area contributed by atoms with E-state index in [2.05, 4.69) is 20.6 Å². The van der Waals surface area contributed by atoms with Crippen LogP contribution in [0.25, 0.3) is 0 Å². The van der Waals surface area contributed by atoms with E-state index in [0.29, 0.717) is 16.7 Å². The molecular formula is C20H19ClN4O. The first-order valence-corrected chi connectivity index (χ1v) is 8.55. The molecule has 0 saturated carbocycles. The smallest absolute Gasteiger partial charge is 0.274 e. The van der Waals surface area contributed by atoms with Crippen molar-refractivity contribution in [1.29, 1.82) is 0 Å². The summed E-state index contributed by atoms with van der Waals surface area (Å²) in [4.78, 5) is 21.1. The van der Waals surface area contributed by atoms with Crippen molar-refractivity contribution in [3.8, 4) is 0 Å². The number of aromatic nitrogens is 2. The fraction of sp³-hybridized carbons (Fsp3) is 0.150. The van der Waals surface area contributed by atoms with Gasteiger partial charge in [-0.2, -0.15) is 0 Å². The van der Waals surface area contributed by atoms with Gasteiger partial charge in [-0.1, -0.05) is 29.8 Å². The van der Waals surface area contributed by atoms with Gasteiger partial charge in [0.1, 0.15) is 5.69 Å². The Morgan fingerprint density at radius 3 is 2.65 bits per heavy atom. The number of halogens is 1. The molecule has 0 atom stereocenters. The van der Waals surface area contributed by atoms with Crippen molar-refractivity contribution >= 4 is 34.8 Å². The normalized spacial score (nSPS) is 10.5. The van der Waals surface area contributed by atoms with Gasteiger partial charge in [0.15, 0.2) is 0 Å². The summed E-state index contributed by atoms with van der Waals surface area (Å²) >= 11 is 6.10. The Morgan fingerprint density at radius 2 is 1.85 bits per heavy atom. The molecule has 0 spiro atoms. The highest BCUT2D eigenvalue weighted by Gasteiger charge is 2.12. The number of hydrogen-bond acceptors (Lipinski definition) is 4. The Bertz CT molecular complexity index is 972. The van der Waals surface area contributed by atoms with Crippen molar-refractivity contribution in [1.82, 2.24) is 9.97 Å². The second-order valence-corrected chi connectivity index (χ2v) is 6.48. The number of hydrogen-bond donors (Lipinski definition) is 2. The molecule has 0 aliphatic carbocycles. The third kappa shape index (κ3) is 4.00. The van der Waals surface area contributed by atoms with Crippen molar-refractivity contribution in [2.75, 3.05) is 10.6 Å². The van der Waals surface area contributed by atoms with Crippen LogP contribution in [-0.2, 0) is 0 Å². The lowest BCUT2D eigenvalue weighted by atomic mass is 10.1. The quantitative estimate of drug-likeness (QED) is 0.678. The monoisotopic (exact) mass is 366 g/mol. The SMILES string of the molecule is Cc1ccc(C)c(Nc2nccc(C(=O)Nc3cccc(Cl)c3C)n2)c1. The third-order valence-electron chi connectivity index (χ3n) is 4.04. The minimum atomic E-state index is -0.318. The molecule has 3 rings (SSSR count). The Kier molecular flexibility index (Phi) is 5.19. The number of carbonyl (C=O) groups is 1. The molecule has 0 bridgehead atoms. The Hall–Kier alpha value is -2.92. The Morgan fingerprint density at radius 1 is 1.04 bits per heavy atom. The number of aryl methyl sites for hydroxylation is 2. The van der Waals surface area contributed by atoms with Crippen LogP contribution in [0, 0.1) is 20.8 Å². The summed E-state index contributed by atoms with van der Waals surface area (Å²) in [6.45, 7) is 5.87. The molecule has 26 heavy (non-hydrogen) atoms. The molecular weight excluding hydrogens is 348 g/mol. The van der Waals surface area contributed by atoms with Gasteiger partial charge in [-0.25, -0.2) is 9.97 Å². The molecule has 2 aromatic carbocycles. The van der Waals surface area contributed by atoms with Crippen LogP contribution in [-0.4, -0.2) is 15.9 Å². The van der Waals surface area contributed by atoms with Crippen molar-refractivity contribution in [3.63, 3.8) is 0 Å². The summed E-state index contributed by atoms with van der Waals surface area (Å²) in [6, 6.07) is 13.0. The molecule has 6 heteroatoms. The zero-order chi connectivity index (χ0) is 18.7. The van der Waals surface area contributed by atoms with Crippen LogP contribution in [0.1, 0.15) is 27.2 Å². The van der Waals surface area contributed by atoms with E-state index >= 15 is 0 Å². The van der Waals surface area contributed by atoms with Gasteiger partial charge in [0.2, 0.25) is 5.95 Å². The van der Waals surface area contributed by atoms with Gasteiger partial charge in [0.05, 0.1) is 0 Å². The maximum absolute atomic E-state index is 12.5. The summed E-state index contributed by atoms with van der Waals surface area (Å²) in [5.41, 5.74) is 4.85. The van der Waals surface area contributed by atoms with E-state index in [1.54, 1.807) is 30.5 Å². The van der Waals surface area contributed by atoms with Gasteiger partial charge >= 0.3 is 0 Å². The third-order valence-corrected chi connectivity index (χ3v) is 4.45. The number of carbonyl (C=O) groups excluding carboxylic acids is 1. The van der Waals surface area contributed by atoms with E-state index < -0.39 is 0 Å². The zero-order valence-electron chi connectivity index (χ0n) is 14.8. The molecule has 5 nitrogen and oxygen atoms in total. The minimum Gasteiger partial charge on any atom is -0.324 e. The summed E-state index contributed by atoms with van der Waals surface area (Å²) in [6.07, 6.45) is 1.56. The van der Waals surface area contributed by atoms with Gasteiger partial charge in [-0.05, 0) is 61.7 Å². The standard InChI is InChI=1S/C20H19ClN4O/c1-12-7-8-13(2)18(11-12)25-20-22-10-9-17(24-20)19(26)23-16-6-4-5-15(21)14(16)3/h4-11H,1-3H3,(H,23,26)(H,22,24,25). The number of nitrogens with zero attached hydrogens (tertiary/aromatic N) is 2. The Balaban J connectivity index is 1.81. The second kappa shape index (κ2) is 7.54. The first-order valence-electron chi connectivity index (χ1n) is 8.18. The van der Waals surface area contributed by atoms with Crippen molar-refractivity contribution in [2.24, 2.45) is 0 Å². The number of benzene rings is 2. The topological polar surface area (TPSA) is 66.9 Å². The zero-order valence-corrected chi connectivity index (χ0v) is 15.6. The lowest BCUT2D eigenvalue weighted by Gasteiger charge is -2.11. The Labute approximate surface area is 157 Å². The number of rotatable bonds is 4. The summed E-state index contributed by atoms with van der Waals surface area (Å²) in [5, 5.41) is 6.61. The van der Waals surface area contributed by atoms with E-state index in [4.69, 9.17) is 11.6 Å². The van der Waals surface area contributed by atoms with Crippen molar-refractivity contribution < 1.29 is 4.79 Å². The highest BCUT2D eigenvalue weighted by molar-refractivity contribution is 6.31. The van der Waals surface area contributed by atoms with Gasteiger partial charge in [0, 0.05) is 22.6 Å². The van der Waals surface area contributed by atoms with Gasteiger partial charge in [-0.3, -0.25) is 4.79 Å². The van der Waals surface area contributed by atoms with Crippen LogP contribution in [0.2, 0.25) is 5.02 Å². The van der Waals surface area contributed by atoms with E-state index in [1.807, 2.05) is 39.0 Å². The second-order valence-electron chi connectivity index (χ2n) is 6.08. The van der Waals surface area contributed by atoms with Gasteiger partial charge < -0.3 is 10.6 Å². The minimum absolute atomic E-state index is 0.271. The van der Waals surface area contributed by atoms with E-state index in [0.717, 1.165) is 22.4 Å². The van der Waals surface area contributed by atoms with E-state index in [-0.39, 0.29) is 11.6 Å². The first kappa shape index (κ1) is 17.9. The lowest BCUT2D eigenvalue weighted by molar-refractivity contribution is 0.102. The molecule has 0 unspecified atom stereocenters. The van der Waals surface area contributed by atoms with Crippen molar-refractivity contribution in [3.05, 3.63) is 76.1 Å². The maximum atomic E-state index is 12.5. The summed E-state index contributed by atoms with van der Waals surface area (Å²) < 4.78 is 0. The molecule has 0 aliphatic rings. The average Bonchev–Trinajstić information content (AvgIpc) is 2.62. The molecule has 1 heterocycles. The van der Waals surface area contributed by atoms with Gasteiger partial charge in [-0.15, -0.1) is 0 Å². The fourth-order valence-corrected chi connectivity index (χ4v) is 2.64. The van der Waals surface area contributed by atoms with E-state index in [9.17, 15) is 4.79 Å². The van der Waals surface area contributed by atoms with Crippen LogP contribution >= 0.6 is 11.6 Å². The van der Waals surface area contributed by atoms with Crippen LogP contribution in [0.15, 0.2) is 48.7 Å². The van der Waals surface area contributed by atoms with Crippen LogP contribution in [0.5, 0.6) is 0 Å². The molecule has 0 saturated heterocycles. The van der Waals surface area contributed by atoms with Crippen molar-refractivity contribution in [2.45, 2.75) is 20.8 Å². The predicted octanol–water partition coefficient (Wildman–Crippen LogP) is 5.05. The number of amides is 1. The highest BCUT2D eigenvalue weighted by Crippen LogP contribution is 2.24. The lowest BCUT2D eigenvalue weighted by Crippen LogP contribution is -2.15. The van der Waals surface area contributed by atoms with Gasteiger partial charge in [0.25, 0.3) is 5.91 Å². The fourth-order valence-electron chi connectivity index (χ4n) is 2.47. The van der Waals surface area contributed by atoms with Crippen LogP contribution in [0.4, 0.5) is 17.3 Å². The summed E-state index contributed by atoms with van der Waals surface area (Å²) in [7, 11) is 0. The molecule has 0 fully saturated rings. The number of nitrogens with one attached hydrogen (secondary N) is 2. The molecule has 1 aromatic heterocycles. The molecule has 0 aliphatic heterocycles. The first-order chi connectivity index (χ1) is 12.4.